The average molecular weight is 451 g/mol. The second-order valence-corrected chi connectivity index (χ2v) is 9.50. The van der Waals surface area contributed by atoms with Crippen LogP contribution >= 0.6 is 0 Å². The molecule has 4 heterocycles. The Bertz CT molecular complexity index is 928. The molecule has 10 heteroatoms. The van der Waals surface area contributed by atoms with Crippen molar-refractivity contribution in [3.63, 3.8) is 0 Å². The first-order valence-electron chi connectivity index (χ1n) is 11.4. The molecule has 7 nitrogen and oxygen atoms in total. The average Bonchev–Trinajstić information content (AvgIpc) is 3.43. The van der Waals surface area contributed by atoms with Gasteiger partial charge in [0.25, 0.3) is 0 Å². The van der Waals surface area contributed by atoms with Crippen molar-refractivity contribution in [2.45, 2.75) is 37.9 Å². The number of hydrogen-bond acceptors (Lipinski definition) is 6. The summed E-state index contributed by atoms with van der Waals surface area (Å²) in [4.78, 5) is 2.55. The minimum absolute atomic E-state index is 0.00475. The Labute approximate surface area is 185 Å². The second kappa shape index (κ2) is 8.62. The van der Waals surface area contributed by atoms with Crippen LogP contribution < -0.4 is 5.32 Å². The summed E-state index contributed by atoms with van der Waals surface area (Å²) in [5.74, 6) is 1.60. The number of nitrogens with one attached hydrogen (secondary N) is 1. The van der Waals surface area contributed by atoms with Gasteiger partial charge in [-0.3, -0.25) is 4.68 Å². The normalized spacial score (nSPS) is 25.4. The molecule has 0 spiro atoms. The highest BCUT2D eigenvalue weighted by atomic mass is 19.4. The summed E-state index contributed by atoms with van der Waals surface area (Å²) in [5, 5.41) is 15.1. The summed E-state index contributed by atoms with van der Waals surface area (Å²) >= 11 is 0. The SMILES string of the molecule is Cn1cc(-c2cc(C(F)(F)F)c(NC3C[C@@H]4CN(CC5CCOCC5)C[C@H]4C3)nn2)cn1. The van der Waals surface area contributed by atoms with Crippen LogP contribution in [0.2, 0.25) is 0 Å². The number of alkyl halides is 3. The van der Waals surface area contributed by atoms with Gasteiger partial charge in [0.05, 0.1) is 11.9 Å². The van der Waals surface area contributed by atoms with Crippen molar-refractivity contribution in [2.24, 2.45) is 24.8 Å². The molecule has 0 aromatic carbocycles. The lowest BCUT2D eigenvalue weighted by Gasteiger charge is -2.28. The lowest BCUT2D eigenvalue weighted by atomic mass is 10.00. The maximum absolute atomic E-state index is 13.8. The van der Waals surface area contributed by atoms with E-state index < -0.39 is 11.7 Å². The van der Waals surface area contributed by atoms with Gasteiger partial charge in [0.2, 0.25) is 0 Å². The van der Waals surface area contributed by atoms with Gasteiger partial charge in [-0.25, -0.2) is 0 Å². The van der Waals surface area contributed by atoms with Gasteiger partial charge in [-0.15, -0.1) is 10.2 Å². The van der Waals surface area contributed by atoms with E-state index in [9.17, 15) is 13.2 Å². The summed E-state index contributed by atoms with van der Waals surface area (Å²) in [6.07, 6.45) is 2.61. The topological polar surface area (TPSA) is 68.1 Å². The Balaban J connectivity index is 1.23. The molecule has 2 aromatic rings. The number of aryl methyl sites for hydroxylation is 1. The molecule has 2 aromatic heterocycles. The summed E-state index contributed by atoms with van der Waals surface area (Å²) in [7, 11) is 1.71. The highest BCUT2D eigenvalue weighted by Crippen LogP contribution is 2.41. The molecule has 1 aliphatic carbocycles. The molecule has 2 atom stereocenters. The van der Waals surface area contributed by atoms with E-state index in [0.29, 0.717) is 23.3 Å². The van der Waals surface area contributed by atoms with Crippen molar-refractivity contribution in [2.75, 3.05) is 38.2 Å². The Morgan fingerprint density at radius 3 is 2.47 bits per heavy atom. The van der Waals surface area contributed by atoms with E-state index in [1.807, 2.05) is 0 Å². The third kappa shape index (κ3) is 4.61. The van der Waals surface area contributed by atoms with Crippen LogP contribution in [-0.4, -0.2) is 63.8 Å². The number of anilines is 1. The first-order valence-corrected chi connectivity index (χ1v) is 11.4. The number of rotatable bonds is 5. The second-order valence-electron chi connectivity index (χ2n) is 9.50. The number of fused-ring (bicyclic) bond motifs is 1. The van der Waals surface area contributed by atoms with Crippen molar-refractivity contribution in [3.05, 3.63) is 24.0 Å². The Morgan fingerprint density at radius 1 is 1.12 bits per heavy atom. The predicted molar refractivity (Wildman–Crippen MR) is 113 cm³/mol. The quantitative estimate of drug-likeness (QED) is 0.753. The predicted octanol–water partition coefficient (Wildman–Crippen LogP) is 3.44. The molecule has 2 saturated heterocycles. The van der Waals surface area contributed by atoms with Gasteiger partial charge in [-0.1, -0.05) is 0 Å². The molecule has 174 valence electrons. The van der Waals surface area contributed by atoms with Crippen molar-refractivity contribution >= 4 is 5.82 Å². The van der Waals surface area contributed by atoms with Crippen LogP contribution in [0.3, 0.4) is 0 Å². The number of likely N-dealkylation sites (tertiary alicyclic amines) is 1. The van der Waals surface area contributed by atoms with Gasteiger partial charge in [0.1, 0.15) is 5.56 Å². The summed E-state index contributed by atoms with van der Waals surface area (Å²) in [6.45, 7) is 4.92. The molecule has 32 heavy (non-hydrogen) atoms. The van der Waals surface area contributed by atoms with Gasteiger partial charge in [-0.2, -0.15) is 18.3 Å². The van der Waals surface area contributed by atoms with E-state index in [1.165, 1.54) is 10.9 Å². The number of aromatic nitrogens is 4. The van der Waals surface area contributed by atoms with E-state index in [4.69, 9.17) is 4.74 Å². The Hall–Kier alpha value is -2.20. The fourth-order valence-corrected chi connectivity index (χ4v) is 5.56. The van der Waals surface area contributed by atoms with Crippen LogP contribution in [0.25, 0.3) is 11.3 Å². The molecule has 3 fully saturated rings. The van der Waals surface area contributed by atoms with E-state index in [-0.39, 0.29) is 17.6 Å². The highest BCUT2D eigenvalue weighted by Gasteiger charge is 2.42. The molecular weight excluding hydrogens is 421 g/mol. The van der Waals surface area contributed by atoms with Crippen LogP contribution in [-0.2, 0) is 18.0 Å². The molecule has 1 saturated carbocycles. The molecule has 0 unspecified atom stereocenters. The van der Waals surface area contributed by atoms with Crippen molar-refractivity contribution < 1.29 is 17.9 Å². The van der Waals surface area contributed by atoms with Crippen molar-refractivity contribution in [1.29, 1.82) is 0 Å². The molecule has 1 N–H and O–H groups in total. The van der Waals surface area contributed by atoms with Crippen molar-refractivity contribution in [1.82, 2.24) is 24.9 Å². The smallest absolute Gasteiger partial charge is 0.381 e. The van der Waals surface area contributed by atoms with Gasteiger partial charge in [0.15, 0.2) is 5.82 Å². The van der Waals surface area contributed by atoms with Gasteiger partial charge in [-0.05, 0) is 49.5 Å². The molecule has 5 rings (SSSR count). The lowest BCUT2D eigenvalue weighted by molar-refractivity contribution is -0.137. The molecular formula is C22H29F3N6O. The van der Waals surface area contributed by atoms with E-state index in [1.54, 1.807) is 13.2 Å². The highest BCUT2D eigenvalue weighted by molar-refractivity contribution is 5.61. The molecule has 0 amide bonds. The number of halogens is 3. The fraction of sp³-hybridized carbons (Fsp3) is 0.682. The van der Waals surface area contributed by atoms with Crippen molar-refractivity contribution in [3.8, 4) is 11.3 Å². The molecule has 2 aliphatic heterocycles. The Kier molecular flexibility index (Phi) is 5.83. The summed E-state index contributed by atoms with van der Waals surface area (Å²) in [5.41, 5.74) is -0.0929. The van der Waals surface area contributed by atoms with Gasteiger partial charge >= 0.3 is 6.18 Å². The van der Waals surface area contributed by atoms with Gasteiger partial charge in [0, 0.05) is 57.7 Å². The third-order valence-electron chi connectivity index (χ3n) is 7.12. The molecule has 3 aliphatic rings. The maximum atomic E-state index is 13.8. The van der Waals surface area contributed by atoms with E-state index in [2.05, 4.69) is 25.5 Å². The monoisotopic (exact) mass is 450 g/mol. The summed E-state index contributed by atoms with van der Waals surface area (Å²) in [6, 6.07) is 1.06. The first-order chi connectivity index (χ1) is 15.3. The fourth-order valence-electron chi connectivity index (χ4n) is 5.56. The minimum atomic E-state index is -4.51. The maximum Gasteiger partial charge on any atom is 0.420 e. The zero-order chi connectivity index (χ0) is 22.3. The van der Waals surface area contributed by atoms with Crippen LogP contribution in [0.15, 0.2) is 18.5 Å². The minimum Gasteiger partial charge on any atom is -0.381 e. The lowest BCUT2D eigenvalue weighted by Crippen LogP contribution is -2.32. The number of hydrogen-bond donors (Lipinski definition) is 1. The zero-order valence-corrected chi connectivity index (χ0v) is 18.2. The Morgan fingerprint density at radius 2 is 1.84 bits per heavy atom. The number of ether oxygens (including phenoxy) is 1. The summed E-state index contributed by atoms with van der Waals surface area (Å²) < 4.78 is 48.3. The van der Waals surface area contributed by atoms with E-state index in [0.717, 1.165) is 64.6 Å². The van der Waals surface area contributed by atoms with E-state index >= 15 is 0 Å². The van der Waals surface area contributed by atoms with Crippen LogP contribution in [0.4, 0.5) is 19.0 Å². The zero-order valence-electron chi connectivity index (χ0n) is 18.2. The number of nitrogens with zero attached hydrogens (tertiary/aromatic N) is 5. The van der Waals surface area contributed by atoms with Crippen LogP contribution in [0, 0.1) is 17.8 Å². The standard InChI is InChI=1S/C22H29F3N6O/c1-30-11-17(9-26-30)20-8-19(22(23,24)25)21(29-28-20)27-18-6-15-12-31(13-16(15)7-18)10-14-2-4-32-5-3-14/h8-9,11,14-16,18H,2-7,10,12-13H2,1H3,(H,27,29)/t15-,16-/m1/s1. The largest absolute Gasteiger partial charge is 0.420 e. The van der Waals surface area contributed by atoms with Gasteiger partial charge < -0.3 is 15.0 Å². The van der Waals surface area contributed by atoms with Crippen LogP contribution in [0.1, 0.15) is 31.2 Å². The molecule has 0 radical (unpaired) electrons. The third-order valence-corrected chi connectivity index (χ3v) is 7.12. The van der Waals surface area contributed by atoms with Crippen LogP contribution in [0.5, 0.6) is 0 Å². The first kappa shape index (κ1) is 21.6. The molecule has 0 bridgehead atoms.